The van der Waals surface area contributed by atoms with Gasteiger partial charge in [-0.25, -0.2) is 9.69 Å². The van der Waals surface area contributed by atoms with Crippen LogP contribution < -0.4 is 0 Å². The molecule has 4 atom stereocenters. The summed E-state index contributed by atoms with van der Waals surface area (Å²) in [6.07, 6.45) is -2.19. The predicted molar refractivity (Wildman–Crippen MR) is 98.4 cm³/mol. The van der Waals surface area contributed by atoms with Gasteiger partial charge in [-0.2, -0.15) is 0 Å². The maximum Gasteiger partial charge on any atom is 0.419 e. The van der Waals surface area contributed by atoms with Gasteiger partial charge >= 0.3 is 6.09 Å². The molecule has 9 heteroatoms. The van der Waals surface area contributed by atoms with Crippen LogP contribution >= 0.6 is 0 Å². The van der Waals surface area contributed by atoms with Gasteiger partial charge in [0.25, 0.3) is 5.79 Å². The van der Waals surface area contributed by atoms with Gasteiger partial charge in [0.05, 0.1) is 6.61 Å². The number of hydrogen-bond acceptors (Lipinski definition) is 7. The van der Waals surface area contributed by atoms with Crippen molar-refractivity contribution in [1.82, 2.24) is 4.90 Å². The van der Waals surface area contributed by atoms with E-state index in [0.29, 0.717) is 0 Å². The van der Waals surface area contributed by atoms with Crippen LogP contribution in [-0.2, 0) is 28.2 Å². The number of hydrogen-bond donors (Lipinski definition) is 0. The second kappa shape index (κ2) is 6.25. The molecule has 3 rings (SSSR count). The molecule has 8 nitrogen and oxygen atoms in total. The Morgan fingerprint density at radius 2 is 1.89 bits per heavy atom. The third kappa shape index (κ3) is 3.55. The summed E-state index contributed by atoms with van der Waals surface area (Å²) in [6.45, 7) is 15.8. The number of imide groups is 1. The zero-order valence-corrected chi connectivity index (χ0v) is 18.5. The van der Waals surface area contributed by atoms with Gasteiger partial charge in [0.15, 0.2) is 14.1 Å². The van der Waals surface area contributed by atoms with E-state index in [1.807, 2.05) is 13.8 Å². The molecule has 3 aliphatic rings. The van der Waals surface area contributed by atoms with Crippen molar-refractivity contribution >= 4 is 20.3 Å². The number of fused-ring (bicyclic) bond motifs is 1. The fraction of sp³-hybridized carbons (Fsp3) is 0.889. The molecule has 0 N–H and O–H groups in total. The van der Waals surface area contributed by atoms with E-state index in [-0.39, 0.29) is 24.3 Å². The summed E-state index contributed by atoms with van der Waals surface area (Å²) in [7, 11) is -2.27. The molecular weight excluding hydrogens is 370 g/mol. The minimum absolute atomic E-state index is 0.0204. The van der Waals surface area contributed by atoms with Crippen molar-refractivity contribution in [2.75, 3.05) is 13.2 Å². The van der Waals surface area contributed by atoms with Gasteiger partial charge in [0.2, 0.25) is 5.91 Å². The molecular formula is C18H31NO7Si. The third-order valence-corrected chi connectivity index (χ3v) is 10.4. The molecule has 3 fully saturated rings. The lowest BCUT2D eigenvalue weighted by atomic mass is 9.97. The van der Waals surface area contributed by atoms with Crippen LogP contribution in [0.15, 0.2) is 0 Å². The Labute approximate surface area is 161 Å². The molecule has 0 aromatic carbocycles. The van der Waals surface area contributed by atoms with Crippen LogP contribution in [0.4, 0.5) is 4.79 Å². The van der Waals surface area contributed by atoms with Gasteiger partial charge in [-0.1, -0.05) is 20.8 Å². The summed E-state index contributed by atoms with van der Waals surface area (Å²) in [5, 5.41) is -0.0704. The Balaban J connectivity index is 1.98. The zero-order valence-electron chi connectivity index (χ0n) is 17.5. The van der Waals surface area contributed by atoms with E-state index in [1.54, 1.807) is 0 Å². The van der Waals surface area contributed by atoms with E-state index in [0.717, 1.165) is 4.90 Å². The molecule has 2 amide bonds. The predicted octanol–water partition coefficient (Wildman–Crippen LogP) is 2.62. The smallest absolute Gasteiger partial charge is 0.411 e. The number of carbonyl (C=O) groups excluding carboxylic acids is 2. The van der Waals surface area contributed by atoms with E-state index >= 15 is 0 Å². The molecule has 3 aliphatic heterocycles. The van der Waals surface area contributed by atoms with Gasteiger partial charge in [0, 0.05) is 6.92 Å². The number of carbonyl (C=O) groups is 2. The molecule has 0 aromatic rings. The highest BCUT2D eigenvalue weighted by Gasteiger charge is 2.65. The standard InChI is InChI=1S/C18H31NO7Si/c1-11(20)19-10-18(25-15(19)21)14(26-27(7,8)16(2,3)4)13-12(9-22-18)23-17(5,6)24-13/h12-14H,9-10H2,1-8H3/t12-,13-,14+,18+/m1/s1. The van der Waals surface area contributed by atoms with E-state index in [9.17, 15) is 9.59 Å². The minimum atomic E-state index is -2.27. The van der Waals surface area contributed by atoms with E-state index < -0.39 is 44.1 Å². The van der Waals surface area contributed by atoms with Gasteiger partial charge in [-0.3, -0.25) is 4.79 Å². The molecule has 0 aliphatic carbocycles. The molecule has 3 saturated heterocycles. The maximum atomic E-state index is 12.3. The van der Waals surface area contributed by atoms with Crippen LogP contribution in [0.25, 0.3) is 0 Å². The normalized spacial score (nSPS) is 36.1. The summed E-state index contributed by atoms with van der Waals surface area (Å²) >= 11 is 0. The first kappa shape index (κ1) is 20.7. The van der Waals surface area contributed by atoms with Gasteiger partial charge < -0.3 is 23.4 Å². The number of ether oxygens (including phenoxy) is 4. The lowest BCUT2D eigenvalue weighted by Crippen LogP contribution is -2.65. The Bertz CT molecular complexity index is 644. The molecule has 0 aromatic heterocycles. The van der Waals surface area contributed by atoms with Crippen molar-refractivity contribution < 1.29 is 33.0 Å². The minimum Gasteiger partial charge on any atom is -0.411 e. The third-order valence-electron chi connectivity index (χ3n) is 5.91. The lowest BCUT2D eigenvalue weighted by Gasteiger charge is -2.48. The second-order valence-electron chi connectivity index (χ2n) is 9.53. The molecule has 3 heterocycles. The van der Waals surface area contributed by atoms with Crippen molar-refractivity contribution in [1.29, 1.82) is 0 Å². The number of nitrogens with zero attached hydrogens (tertiary/aromatic N) is 1. The highest BCUT2D eigenvalue weighted by atomic mass is 28.4. The summed E-state index contributed by atoms with van der Waals surface area (Å²) in [4.78, 5) is 25.2. The van der Waals surface area contributed by atoms with Crippen LogP contribution in [0, 0.1) is 0 Å². The SMILES string of the molecule is CC(=O)N1C[C@]2(OC[C@H]3OC(C)(C)O[C@H]3[C@@H]2O[Si](C)(C)C(C)(C)C)OC1=O. The van der Waals surface area contributed by atoms with Crippen molar-refractivity contribution in [3.05, 3.63) is 0 Å². The van der Waals surface area contributed by atoms with Crippen LogP contribution in [0.2, 0.25) is 18.1 Å². The average molecular weight is 402 g/mol. The summed E-state index contributed by atoms with van der Waals surface area (Å²) in [5.74, 6) is -2.57. The van der Waals surface area contributed by atoms with Crippen LogP contribution in [0.5, 0.6) is 0 Å². The van der Waals surface area contributed by atoms with Gasteiger partial charge in [0.1, 0.15) is 24.9 Å². The highest BCUT2D eigenvalue weighted by Crippen LogP contribution is 2.46. The van der Waals surface area contributed by atoms with Crippen LogP contribution in [0.1, 0.15) is 41.5 Å². The summed E-state index contributed by atoms with van der Waals surface area (Å²) < 4.78 is 30.4. The van der Waals surface area contributed by atoms with E-state index in [4.69, 9.17) is 23.4 Å². The highest BCUT2D eigenvalue weighted by molar-refractivity contribution is 6.74. The van der Waals surface area contributed by atoms with Crippen molar-refractivity contribution in [3.8, 4) is 0 Å². The first-order valence-corrected chi connectivity index (χ1v) is 12.3. The Hall–Kier alpha value is -1.00. The monoisotopic (exact) mass is 401 g/mol. The zero-order chi connectivity index (χ0) is 20.4. The van der Waals surface area contributed by atoms with Gasteiger partial charge in [-0.05, 0) is 32.0 Å². The number of amides is 2. The second-order valence-corrected chi connectivity index (χ2v) is 14.3. The van der Waals surface area contributed by atoms with Crippen LogP contribution in [-0.4, -0.2) is 68.3 Å². The fourth-order valence-electron chi connectivity index (χ4n) is 3.44. The number of rotatable bonds is 2. The average Bonchev–Trinajstić information content (AvgIpc) is 2.98. The first-order chi connectivity index (χ1) is 12.2. The molecule has 0 bridgehead atoms. The topological polar surface area (TPSA) is 83.5 Å². The Kier molecular flexibility index (Phi) is 4.80. The van der Waals surface area contributed by atoms with E-state index in [2.05, 4.69) is 33.9 Å². The molecule has 1 spiro atoms. The fourth-order valence-corrected chi connectivity index (χ4v) is 4.74. The largest absolute Gasteiger partial charge is 0.419 e. The molecule has 27 heavy (non-hydrogen) atoms. The molecule has 0 radical (unpaired) electrons. The van der Waals surface area contributed by atoms with Crippen LogP contribution in [0.3, 0.4) is 0 Å². The van der Waals surface area contributed by atoms with Crippen molar-refractivity contribution in [2.24, 2.45) is 0 Å². The lowest BCUT2D eigenvalue weighted by molar-refractivity contribution is -0.283. The molecule has 0 saturated carbocycles. The van der Waals surface area contributed by atoms with E-state index in [1.165, 1.54) is 6.92 Å². The Morgan fingerprint density at radius 3 is 2.41 bits per heavy atom. The first-order valence-electron chi connectivity index (χ1n) is 9.36. The molecule has 0 unspecified atom stereocenters. The quantitative estimate of drug-likeness (QED) is 0.658. The maximum absolute atomic E-state index is 12.3. The molecule has 154 valence electrons. The van der Waals surface area contributed by atoms with Crippen molar-refractivity contribution in [3.63, 3.8) is 0 Å². The van der Waals surface area contributed by atoms with Crippen molar-refractivity contribution in [2.45, 2.75) is 89.6 Å². The Morgan fingerprint density at radius 1 is 1.26 bits per heavy atom. The summed E-state index contributed by atoms with van der Waals surface area (Å²) in [6, 6.07) is 0. The van der Waals surface area contributed by atoms with Gasteiger partial charge in [-0.15, -0.1) is 0 Å². The summed E-state index contributed by atoms with van der Waals surface area (Å²) in [5.41, 5.74) is 0.